The van der Waals surface area contributed by atoms with Crippen molar-refractivity contribution in [3.63, 3.8) is 0 Å². The number of hydrogen-bond donors (Lipinski definition) is 3. The summed E-state index contributed by atoms with van der Waals surface area (Å²) in [6.07, 6.45) is 1.63. The average molecular weight is 394 g/mol. The lowest BCUT2D eigenvalue weighted by molar-refractivity contribution is 0.102. The van der Waals surface area contributed by atoms with Crippen molar-refractivity contribution in [3.8, 4) is 0 Å². The molecule has 6 nitrogen and oxygen atoms in total. The highest BCUT2D eigenvalue weighted by Crippen LogP contribution is 2.30. The summed E-state index contributed by atoms with van der Waals surface area (Å²) in [5, 5.41) is 6.13. The van der Waals surface area contributed by atoms with Crippen molar-refractivity contribution in [2.45, 2.75) is 6.54 Å². The Balaban J connectivity index is 1.68. The summed E-state index contributed by atoms with van der Waals surface area (Å²) >= 11 is 12.8. The van der Waals surface area contributed by atoms with Gasteiger partial charge in [-0.15, -0.1) is 0 Å². The fraction of sp³-hybridized carbons (Fsp3) is 0.0625. The molecule has 1 aromatic carbocycles. The highest BCUT2D eigenvalue weighted by molar-refractivity contribution is 7.11. The Bertz CT molecular complexity index is 915. The van der Waals surface area contributed by atoms with Crippen LogP contribution in [0, 0.1) is 0 Å². The van der Waals surface area contributed by atoms with Crippen molar-refractivity contribution < 1.29 is 4.79 Å². The second kappa shape index (κ2) is 7.69. The van der Waals surface area contributed by atoms with Crippen molar-refractivity contribution >= 4 is 57.8 Å². The molecule has 0 saturated heterocycles. The van der Waals surface area contributed by atoms with E-state index in [1.54, 1.807) is 18.3 Å². The van der Waals surface area contributed by atoms with Crippen LogP contribution in [0.2, 0.25) is 9.36 Å². The van der Waals surface area contributed by atoms with Gasteiger partial charge in [-0.1, -0.05) is 35.3 Å². The maximum atomic E-state index is 12.2. The van der Waals surface area contributed by atoms with E-state index in [9.17, 15) is 4.79 Å². The number of rotatable bonds is 5. The molecule has 0 atom stereocenters. The maximum Gasteiger partial charge on any atom is 0.276 e. The van der Waals surface area contributed by atoms with Gasteiger partial charge in [0.15, 0.2) is 5.69 Å². The molecular weight excluding hydrogens is 381 g/mol. The summed E-state index contributed by atoms with van der Waals surface area (Å²) in [5.74, 6) is 0.0248. The van der Waals surface area contributed by atoms with E-state index in [1.165, 1.54) is 0 Å². The molecule has 2 heterocycles. The summed E-state index contributed by atoms with van der Waals surface area (Å²) in [6.45, 7) is 0.531. The highest BCUT2D eigenvalue weighted by Gasteiger charge is 2.17. The molecule has 0 saturated carbocycles. The number of hydrogen-bond acceptors (Lipinski definition) is 6. The largest absolute Gasteiger partial charge is 0.382 e. The van der Waals surface area contributed by atoms with Crippen molar-refractivity contribution in [1.29, 1.82) is 0 Å². The van der Waals surface area contributed by atoms with Crippen molar-refractivity contribution in [2.24, 2.45) is 0 Å². The number of nitrogens with one attached hydrogen (secondary N) is 2. The number of benzene rings is 1. The van der Waals surface area contributed by atoms with Gasteiger partial charge >= 0.3 is 0 Å². The molecule has 0 aliphatic rings. The van der Waals surface area contributed by atoms with Crippen molar-refractivity contribution in [3.05, 3.63) is 63.2 Å². The molecule has 0 aliphatic heterocycles. The van der Waals surface area contributed by atoms with Gasteiger partial charge in [-0.3, -0.25) is 4.79 Å². The highest BCUT2D eigenvalue weighted by atomic mass is 35.5. The second-order valence-corrected chi connectivity index (χ2v) is 6.82. The number of halogens is 2. The quantitative estimate of drug-likeness (QED) is 0.600. The number of nitrogens with two attached hydrogens (primary N) is 1. The number of nitrogens with zero attached hydrogens (tertiary/aromatic N) is 2. The van der Waals surface area contributed by atoms with Gasteiger partial charge in [-0.25, -0.2) is 4.98 Å². The molecule has 0 aliphatic carbocycles. The molecular formula is C16H13Cl2N5OS. The van der Waals surface area contributed by atoms with Gasteiger partial charge in [0, 0.05) is 18.4 Å². The van der Waals surface area contributed by atoms with E-state index in [0.29, 0.717) is 22.4 Å². The van der Waals surface area contributed by atoms with Gasteiger partial charge in [-0.05, 0) is 41.4 Å². The SMILES string of the molecule is Nc1ncccc1NCc1cccc(NC(=O)c2nsc(Cl)c2Cl)c1. The molecule has 1 amide bonds. The third kappa shape index (κ3) is 4.19. The first-order chi connectivity index (χ1) is 12.0. The van der Waals surface area contributed by atoms with Gasteiger partial charge in [0.05, 0.1) is 5.69 Å². The van der Waals surface area contributed by atoms with E-state index in [-0.39, 0.29) is 10.7 Å². The lowest BCUT2D eigenvalue weighted by atomic mass is 10.2. The second-order valence-electron chi connectivity index (χ2n) is 5.06. The van der Waals surface area contributed by atoms with E-state index in [4.69, 9.17) is 28.9 Å². The van der Waals surface area contributed by atoms with Crippen LogP contribution < -0.4 is 16.4 Å². The van der Waals surface area contributed by atoms with Crippen LogP contribution in [0.1, 0.15) is 16.1 Å². The monoisotopic (exact) mass is 393 g/mol. The maximum absolute atomic E-state index is 12.2. The molecule has 25 heavy (non-hydrogen) atoms. The number of nitrogen functional groups attached to an aromatic ring is 1. The molecule has 128 valence electrons. The Morgan fingerprint density at radius 2 is 2.08 bits per heavy atom. The lowest BCUT2D eigenvalue weighted by Crippen LogP contribution is -2.13. The summed E-state index contributed by atoms with van der Waals surface area (Å²) < 4.78 is 4.24. The van der Waals surface area contributed by atoms with Gasteiger partial charge in [0.25, 0.3) is 5.91 Å². The van der Waals surface area contributed by atoms with E-state index in [2.05, 4.69) is 20.0 Å². The molecule has 0 spiro atoms. The van der Waals surface area contributed by atoms with Crippen LogP contribution in [-0.2, 0) is 6.54 Å². The predicted octanol–water partition coefficient (Wildman–Crippen LogP) is 4.29. The van der Waals surface area contributed by atoms with Gasteiger partial charge in [-0.2, -0.15) is 4.37 Å². The Morgan fingerprint density at radius 3 is 2.80 bits per heavy atom. The number of amides is 1. The van der Waals surface area contributed by atoms with E-state index < -0.39 is 5.91 Å². The number of carbonyl (C=O) groups is 1. The molecule has 4 N–H and O–H groups in total. The minimum absolute atomic E-state index is 0.114. The van der Waals surface area contributed by atoms with Gasteiger partial charge in [0.2, 0.25) is 0 Å². The first-order valence-corrected chi connectivity index (χ1v) is 8.73. The number of aromatic nitrogens is 2. The zero-order valence-corrected chi connectivity index (χ0v) is 15.1. The molecule has 3 rings (SSSR count). The number of carbonyl (C=O) groups excluding carboxylic acids is 1. The Kier molecular flexibility index (Phi) is 5.37. The van der Waals surface area contributed by atoms with Crippen LogP contribution in [0.5, 0.6) is 0 Å². The standard InChI is InChI=1S/C16H13Cl2N5OS/c17-12-13(23-25-14(12)18)16(24)22-10-4-1-3-9(7-10)8-21-11-5-2-6-20-15(11)19/h1-7,21H,8H2,(H2,19,20)(H,22,24). The summed E-state index contributed by atoms with van der Waals surface area (Å²) in [7, 11) is 0. The molecule has 0 fully saturated rings. The molecule has 2 aromatic heterocycles. The lowest BCUT2D eigenvalue weighted by Gasteiger charge is -2.10. The number of pyridine rings is 1. The van der Waals surface area contributed by atoms with E-state index in [1.807, 2.05) is 24.3 Å². The normalized spacial score (nSPS) is 10.5. The molecule has 3 aromatic rings. The Morgan fingerprint density at radius 1 is 1.24 bits per heavy atom. The van der Waals surface area contributed by atoms with Crippen LogP contribution in [-0.4, -0.2) is 15.3 Å². The smallest absolute Gasteiger partial charge is 0.276 e. The summed E-state index contributed by atoms with van der Waals surface area (Å²) in [5.41, 5.74) is 8.26. The van der Waals surface area contributed by atoms with E-state index in [0.717, 1.165) is 22.8 Å². The minimum atomic E-state index is -0.408. The molecule has 0 bridgehead atoms. The molecule has 0 radical (unpaired) electrons. The number of anilines is 3. The average Bonchev–Trinajstić information content (AvgIpc) is 2.94. The van der Waals surface area contributed by atoms with E-state index >= 15 is 0 Å². The first-order valence-electron chi connectivity index (χ1n) is 7.20. The fourth-order valence-electron chi connectivity index (χ4n) is 2.11. The summed E-state index contributed by atoms with van der Waals surface area (Å²) in [6, 6.07) is 11.1. The van der Waals surface area contributed by atoms with Crippen LogP contribution in [0.4, 0.5) is 17.2 Å². The third-order valence-corrected chi connectivity index (χ3v) is 4.93. The summed E-state index contributed by atoms with van der Waals surface area (Å²) in [4.78, 5) is 16.3. The first kappa shape index (κ1) is 17.5. The van der Waals surface area contributed by atoms with Crippen LogP contribution in [0.3, 0.4) is 0 Å². The van der Waals surface area contributed by atoms with Crippen molar-refractivity contribution in [1.82, 2.24) is 9.36 Å². The third-order valence-electron chi connectivity index (χ3n) is 3.32. The van der Waals surface area contributed by atoms with Gasteiger partial charge in [0.1, 0.15) is 15.2 Å². The Hall–Kier alpha value is -2.35. The minimum Gasteiger partial charge on any atom is -0.382 e. The predicted molar refractivity (Wildman–Crippen MR) is 103 cm³/mol. The van der Waals surface area contributed by atoms with Crippen LogP contribution >= 0.6 is 34.7 Å². The van der Waals surface area contributed by atoms with Crippen LogP contribution in [0.25, 0.3) is 0 Å². The van der Waals surface area contributed by atoms with Gasteiger partial charge < -0.3 is 16.4 Å². The molecule has 0 unspecified atom stereocenters. The Labute approximate surface area is 158 Å². The molecule has 9 heteroatoms. The topological polar surface area (TPSA) is 92.9 Å². The van der Waals surface area contributed by atoms with Crippen LogP contribution in [0.15, 0.2) is 42.6 Å². The zero-order chi connectivity index (χ0) is 17.8. The fourth-order valence-corrected chi connectivity index (χ4v) is 3.11. The zero-order valence-electron chi connectivity index (χ0n) is 12.8. The van der Waals surface area contributed by atoms with Crippen molar-refractivity contribution in [2.75, 3.05) is 16.4 Å².